The lowest BCUT2D eigenvalue weighted by Gasteiger charge is -2.08. The van der Waals surface area contributed by atoms with Crippen molar-refractivity contribution >= 4 is 28.8 Å². The Hall–Kier alpha value is -2.30. The van der Waals surface area contributed by atoms with E-state index in [1.807, 2.05) is 0 Å². The van der Waals surface area contributed by atoms with Crippen LogP contribution < -0.4 is 4.90 Å². The number of halogens is 1. The van der Waals surface area contributed by atoms with E-state index in [0.717, 1.165) is 0 Å². The molecule has 4 nitrogen and oxygen atoms in total. The summed E-state index contributed by atoms with van der Waals surface area (Å²) in [7, 11) is 1.59. The number of anilines is 1. The van der Waals surface area contributed by atoms with Gasteiger partial charge in [-0.2, -0.15) is 10.5 Å². The first-order chi connectivity index (χ1) is 8.10. The quantitative estimate of drug-likeness (QED) is 0.518. The number of benzene rings is 1. The van der Waals surface area contributed by atoms with Gasteiger partial charge in [-0.3, -0.25) is 4.79 Å². The van der Waals surface area contributed by atoms with Crippen LogP contribution in [0, 0.1) is 22.7 Å². The van der Waals surface area contributed by atoms with Crippen LogP contribution in [0.1, 0.15) is 5.56 Å². The van der Waals surface area contributed by atoms with E-state index in [0.29, 0.717) is 16.3 Å². The number of carbonyl (C=O) groups is 1. The molecule has 0 saturated heterocycles. The molecule has 0 aromatic heterocycles. The summed E-state index contributed by atoms with van der Waals surface area (Å²) in [6, 6.07) is 8.40. The number of amides is 1. The van der Waals surface area contributed by atoms with Crippen LogP contribution in [0.25, 0.3) is 5.57 Å². The van der Waals surface area contributed by atoms with Crippen molar-refractivity contribution in [2.24, 2.45) is 0 Å². The summed E-state index contributed by atoms with van der Waals surface area (Å²) < 4.78 is 0. The summed E-state index contributed by atoms with van der Waals surface area (Å²) in [6.45, 7) is 0. The molecule has 0 unspecified atom stereocenters. The first-order valence-electron chi connectivity index (χ1n) is 4.72. The predicted octanol–water partition coefficient (Wildman–Crippen LogP) is 2.12. The third-order valence-corrected chi connectivity index (χ3v) is 2.82. The molecule has 0 aliphatic carbocycles. The highest BCUT2D eigenvalue weighted by molar-refractivity contribution is 6.36. The smallest absolute Gasteiger partial charge is 0.260 e. The first-order valence-corrected chi connectivity index (χ1v) is 5.10. The third kappa shape index (κ3) is 1.56. The maximum Gasteiger partial charge on any atom is 0.260 e. The zero-order chi connectivity index (χ0) is 12.6. The molecule has 1 aliphatic rings. The molecule has 1 aliphatic heterocycles. The third-order valence-electron chi connectivity index (χ3n) is 2.58. The molecule has 82 valence electrons. The Morgan fingerprint density at radius 3 is 2.59 bits per heavy atom. The van der Waals surface area contributed by atoms with E-state index in [1.165, 1.54) is 4.90 Å². The van der Waals surface area contributed by atoms with Crippen LogP contribution in [0.2, 0.25) is 5.02 Å². The number of hydrogen-bond acceptors (Lipinski definition) is 3. The van der Waals surface area contributed by atoms with E-state index in [-0.39, 0.29) is 17.1 Å². The molecule has 0 saturated carbocycles. The number of nitriles is 2. The van der Waals surface area contributed by atoms with Gasteiger partial charge in [-0.1, -0.05) is 11.6 Å². The van der Waals surface area contributed by atoms with Gasteiger partial charge in [0.05, 0.1) is 11.3 Å². The van der Waals surface area contributed by atoms with Crippen molar-refractivity contribution < 1.29 is 4.79 Å². The maximum absolute atomic E-state index is 12.0. The first kappa shape index (κ1) is 11.2. The van der Waals surface area contributed by atoms with E-state index in [2.05, 4.69) is 0 Å². The van der Waals surface area contributed by atoms with Crippen LogP contribution in [-0.4, -0.2) is 13.0 Å². The summed E-state index contributed by atoms with van der Waals surface area (Å²) in [6.07, 6.45) is 0. The minimum Gasteiger partial charge on any atom is -0.311 e. The van der Waals surface area contributed by atoms with Crippen molar-refractivity contribution in [3.05, 3.63) is 34.4 Å². The second kappa shape index (κ2) is 3.93. The molecule has 0 fully saturated rings. The average Bonchev–Trinajstić information content (AvgIpc) is 2.56. The number of hydrogen-bond donors (Lipinski definition) is 0. The molecule has 1 aromatic carbocycles. The fourth-order valence-corrected chi connectivity index (χ4v) is 1.94. The van der Waals surface area contributed by atoms with Gasteiger partial charge in [0.25, 0.3) is 5.91 Å². The molecule has 1 aromatic rings. The molecule has 1 amide bonds. The molecule has 2 rings (SSSR count). The predicted molar refractivity (Wildman–Crippen MR) is 63.0 cm³/mol. The van der Waals surface area contributed by atoms with Crippen LogP contribution in [0.4, 0.5) is 5.69 Å². The minimum absolute atomic E-state index is 0.120. The highest BCUT2D eigenvalue weighted by atomic mass is 35.5. The van der Waals surface area contributed by atoms with Gasteiger partial charge in [0.1, 0.15) is 17.7 Å². The molecular weight excluding hydrogens is 238 g/mol. The largest absolute Gasteiger partial charge is 0.311 e. The van der Waals surface area contributed by atoms with Gasteiger partial charge in [0.15, 0.2) is 0 Å². The maximum atomic E-state index is 12.0. The van der Waals surface area contributed by atoms with Crippen LogP contribution in [0.15, 0.2) is 23.8 Å². The monoisotopic (exact) mass is 243 g/mol. The second-order valence-corrected chi connectivity index (χ2v) is 3.94. The molecule has 17 heavy (non-hydrogen) atoms. The standard InChI is InChI=1S/C12H6ClN3O/c1-16-10-3-2-8(13)4-9(10)11(12(16)17)7(5-14)6-15/h2-4H,1H3. The van der Waals surface area contributed by atoms with Crippen molar-refractivity contribution in [3.8, 4) is 12.1 Å². The summed E-state index contributed by atoms with van der Waals surface area (Å²) in [5, 5.41) is 18.2. The molecule has 0 radical (unpaired) electrons. The van der Waals surface area contributed by atoms with Gasteiger partial charge >= 0.3 is 0 Å². The lowest BCUT2D eigenvalue weighted by atomic mass is 10.0. The number of fused-ring (bicyclic) bond motifs is 1. The summed E-state index contributed by atoms with van der Waals surface area (Å²) in [5.41, 5.74) is 1.11. The second-order valence-electron chi connectivity index (χ2n) is 3.50. The minimum atomic E-state index is -0.361. The van der Waals surface area contributed by atoms with E-state index in [1.54, 1.807) is 37.4 Å². The van der Waals surface area contributed by atoms with Crippen molar-refractivity contribution in [2.45, 2.75) is 0 Å². The molecular formula is C12H6ClN3O. The van der Waals surface area contributed by atoms with E-state index >= 15 is 0 Å². The number of allylic oxidation sites excluding steroid dienone is 1. The Labute approximate surface area is 103 Å². The topological polar surface area (TPSA) is 67.9 Å². The van der Waals surface area contributed by atoms with E-state index < -0.39 is 0 Å². The molecule has 0 atom stereocenters. The summed E-state index contributed by atoms with van der Waals surface area (Å²) in [4.78, 5) is 13.4. The molecule has 0 bridgehead atoms. The van der Waals surface area contributed by atoms with Gasteiger partial charge < -0.3 is 4.90 Å². The van der Waals surface area contributed by atoms with Crippen LogP contribution >= 0.6 is 11.6 Å². The van der Waals surface area contributed by atoms with Crippen molar-refractivity contribution in [3.63, 3.8) is 0 Å². The molecule has 1 heterocycles. The van der Waals surface area contributed by atoms with Crippen molar-refractivity contribution in [1.82, 2.24) is 0 Å². The Balaban J connectivity index is 2.81. The van der Waals surface area contributed by atoms with Crippen molar-refractivity contribution in [1.29, 1.82) is 10.5 Å². The van der Waals surface area contributed by atoms with Gasteiger partial charge in [-0.25, -0.2) is 0 Å². The van der Waals surface area contributed by atoms with Gasteiger partial charge in [-0.05, 0) is 18.2 Å². The Morgan fingerprint density at radius 2 is 2.00 bits per heavy atom. The Morgan fingerprint density at radius 1 is 1.35 bits per heavy atom. The Kier molecular flexibility index (Phi) is 2.59. The van der Waals surface area contributed by atoms with Gasteiger partial charge in [0, 0.05) is 17.6 Å². The number of nitrogens with zero attached hydrogens (tertiary/aromatic N) is 3. The number of rotatable bonds is 0. The number of carbonyl (C=O) groups excluding carboxylic acids is 1. The highest BCUT2D eigenvalue weighted by Gasteiger charge is 2.32. The lowest BCUT2D eigenvalue weighted by Crippen LogP contribution is -2.20. The van der Waals surface area contributed by atoms with Crippen LogP contribution in [-0.2, 0) is 4.79 Å². The van der Waals surface area contributed by atoms with Gasteiger partial charge in [-0.15, -0.1) is 0 Å². The molecule has 5 heteroatoms. The van der Waals surface area contributed by atoms with E-state index in [4.69, 9.17) is 22.1 Å². The Bertz CT molecular complexity index is 618. The molecule has 0 N–H and O–H groups in total. The zero-order valence-electron chi connectivity index (χ0n) is 8.86. The van der Waals surface area contributed by atoms with Crippen molar-refractivity contribution in [2.75, 3.05) is 11.9 Å². The average molecular weight is 244 g/mol. The highest BCUT2D eigenvalue weighted by Crippen LogP contribution is 2.38. The summed E-state index contributed by atoms with van der Waals surface area (Å²) >= 11 is 5.86. The van der Waals surface area contributed by atoms with E-state index in [9.17, 15) is 4.79 Å². The number of likely N-dealkylation sites (N-methyl/N-ethyl adjacent to an activating group) is 1. The fraction of sp³-hybridized carbons (Fsp3) is 0.0833. The SMILES string of the molecule is CN1C(=O)C(=C(C#N)C#N)c2cc(Cl)ccc21. The lowest BCUT2D eigenvalue weighted by molar-refractivity contribution is -0.112. The van der Waals surface area contributed by atoms with Crippen LogP contribution in [0.3, 0.4) is 0 Å². The summed E-state index contributed by atoms with van der Waals surface area (Å²) in [5.74, 6) is -0.361. The molecule has 0 spiro atoms. The van der Waals surface area contributed by atoms with Gasteiger partial charge in [0.2, 0.25) is 0 Å². The van der Waals surface area contributed by atoms with Crippen LogP contribution in [0.5, 0.6) is 0 Å². The normalized spacial score (nSPS) is 13.1. The zero-order valence-corrected chi connectivity index (χ0v) is 9.62. The fourth-order valence-electron chi connectivity index (χ4n) is 1.77.